The van der Waals surface area contributed by atoms with Crippen LogP contribution in [0.2, 0.25) is 0 Å². The number of esters is 1. The minimum Gasteiger partial charge on any atom is -0.456 e. The molecule has 1 amide bonds. The van der Waals surface area contributed by atoms with Crippen LogP contribution in [0.25, 0.3) is 0 Å². The van der Waals surface area contributed by atoms with E-state index in [0.29, 0.717) is 29.4 Å². The first-order chi connectivity index (χ1) is 15.2. The molecule has 0 spiro atoms. The van der Waals surface area contributed by atoms with Crippen LogP contribution < -0.4 is 15.8 Å². The van der Waals surface area contributed by atoms with Gasteiger partial charge < -0.3 is 19.9 Å². The first kappa shape index (κ1) is 24.7. The second-order valence-electron chi connectivity index (χ2n) is 7.80. The summed E-state index contributed by atoms with van der Waals surface area (Å²) in [5.41, 5.74) is 3.19. The Labute approximate surface area is 188 Å². The van der Waals surface area contributed by atoms with Crippen LogP contribution in [-0.4, -0.2) is 36.1 Å². The van der Waals surface area contributed by atoms with Crippen LogP contribution >= 0.6 is 0 Å². The van der Waals surface area contributed by atoms with E-state index in [1.165, 1.54) is 0 Å². The Kier molecular flexibility index (Phi) is 8.59. The average molecular weight is 439 g/mol. The molecule has 2 N–H and O–H groups in total. The van der Waals surface area contributed by atoms with E-state index in [0.717, 1.165) is 17.8 Å². The van der Waals surface area contributed by atoms with Crippen molar-refractivity contribution in [1.29, 1.82) is 5.26 Å². The summed E-state index contributed by atoms with van der Waals surface area (Å²) in [6.45, 7) is 10.2. The van der Waals surface area contributed by atoms with Gasteiger partial charge >= 0.3 is 5.97 Å². The molecule has 0 saturated heterocycles. The van der Waals surface area contributed by atoms with Crippen molar-refractivity contribution in [3.05, 3.63) is 57.0 Å². The third-order valence-electron chi connectivity index (χ3n) is 5.31. The number of nitrogens with one attached hydrogen (secondary N) is 2. The first-order valence-corrected chi connectivity index (χ1v) is 10.6. The summed E-state index contributed by atoms with van der Waals surface area (Å²) in [6, 6.07) is 9.76. The summed E-state index contributed by atoms with van der Waals surface area (Å²) in [6.07, 6.45) is 0.331. The number of nitriles is 1. The Balaban J connectivity index is 1.87. The zero-order valence-electron chi connectivity index (χ0n) is 19.2. The SMILES string of the molecule is CCN(c1ccc(NC(=O)COC(=O)CCc2c(C)[nH]c(=O)c(C#N)c2C)cc1)C(C)C. The van der Waals surface area contributed by atoms with Crippen LogP contribution in [0.5, 0.6) is 0 Å². The number of hydrogen-bond acceptors (Lipinski definition) is 6. The molecule has 0 radical (unpaired) electrons. The van der Waals surface area contributed by atoms with Gasteiger partial charge in [0.1, 0.15) is 11.6 Å². The number of ether oxygens (including phenoxy) is 1. The number of nitrogens with zero attached hydrogens (tertiary/aromatic N) is 2. The molecule has 170 valence electrons. The molecule has 2 aromatic rings. The molecule has 1 heterocycles. The maximum absolute atomic E-state index is 12.1. The second kappa shape index (κ2) is 11.1. The molecule has 0 fully saturated rings. The van der Waals surface area contributed by atoms with Crippen molar-refractivity contribution in [3.8, 4) is 6.07 Å². The molecule has 8 heteroatoms. The van der Waals surface area contributed by atoms with E-state index in [4.69, 9.17) is 10.00 Å². The third kappa shape index (κ3) is 6.20. The number of hydrogen-bond donors (Lipinski definition) is 2. The molecular weight excluding hydrogens is 408 g/mol. The van der Waals surface area contributed by atoms with Crippen molar-refractivity contribution in [2.45, 2.75) is 53.5 Å². The van der Waals surface area contributed by atoms with Crippen molar-refractivity contribution >= 4 is 23.3 Å². The lowest BCUT2D eigenvalue weighted by molar-refractivity contribution is -0.147. The Morgan fingerprint density at radius 2 is 1.88 bits per heavy atom. The number of aryl methyl sites for hydroxylation is 1. The minimum atomic E-state index is -0.533. The van der Waals surface area contributed by atoms with Crippen molar-refractivity contribution in [3.63, 3.8) is 0 Å². The molecule has 0 saturated carbocycles. The van der Waals surface area contributed by atoms with Crippen LogP contribution in [0.4, 0.5) is 11.4 Å². The summed E-state index contributed by atoms with van der Waals surface area (Å²) in [5.74, 6) is -0.958. The maximum atomic E-state index is 12.1. The number of carbonyl (C=O) groups excluding carboxylic acids is 2. The molecule has 8 nitrogen and oxygen atoms in total. The number of carbonyl (C=O) groups is 2. The highest BCUT2D eigenvalue weighted by molar-refractivity contribution is 5.93. The van der Waals surface area contributed by atoms with Crippen LogP contribution in [0.3, 0.4) is 0 Å². The van der Waals surface area contributed by atoms with E-state index in [1.807, 2.05) is 30.3 Å². The molecule has 0 atom stereocenters. The van der Waals surface area contributed by atoms with E-state index < -0.39 is 17.4 Å². The number of pyridine rings is 1. The van der Waals surface area contributed by atoms with Gasteiger partial charge in [-0.2, -0.15) is 5.26 Å². The van der Waals surface area contributed by atoms with Gasteiger partial charge in [-0.15, -0.1) is 0 Å². The van der Waals surface area contributed by atoms with E-state index in [2.05, 4.69) is 36.0 Å². The fourth-order valence-corrected chi connectivity index (χ4v) is 3.64. The fourth-order valence-electron chi connectivity index (χ4n) is 3.64. The normalized spacial score (nSPS) is 10.5. The Morgan fingerprint density at radius 1 is 1.22 bits per heavy atom. The number of aromatic amines is 1. The highest BCUT2D eigenvalue weighted by Crippen LogP contribution is 2.20. The minimum absolute atomic E-state index is 0.0304. The monoisotopic (exact) mass is 438 g/mol. The predicted octanol–water partition coefficient (Wildman–Crippen LogP) is 3.21. The Bertz CT molecular complexity index is 1070. The molecule has 1 aromatic carbocycles. The van der Waals surface area contributed by atoms with Gasteiger partial charge in [-0.1, -0.05) is 0 Å². The van der Waals surface area contributed by atoms with Crippen molar-refractivity contribution in [1.82, 2.24) is 4.98 Å². The molecule has 2 rings (SSSR count). The van der Waals surface area contributed by atoms with E-state index in [9.17, 15) is 14.4 Å². The first-order valence-electron chi connectivity index (χ1n) is 10.6. The molecular formula is C24H30N4O4. The lowest BCUT2D eigenvalue weighted by Crippen LogP contribution is -2.30. The summed E-state index contributed by atoms with van der Waals surface area (Å²) in [5, 5.41) is 11.8. The smallest absolute Gasteiger partial charge is 0.306 e. The van der Waals surface area contributed by atoms with Gasteiger partial charge in [-0.25, -0.2) is 0 Å². The number of rotatable bonds is 9. The van der Waals surface area contributed by atoms with E-state index in [1.54, 1.807) is 13.8 Å². The van der Waals surface area contributed by atoms with Crippen LogP contribution in [0.1, 0.15) is 49.6 Å². The zero-order valence-corrected chi connectivity index (χ0v) is 19.2. The number of H-pyrrole nitrogens is 1. The van der Waals surface area contributed by atoms with E-state index in [-0.39, 0.29) is 18.6 Å². The molecule has 0 aliphatic rings. The standard InChI is InChI=1S/C24H30N4O4/c1-6-28(15(2)3)19-9-7-18(8-10-19)27-22(29)14-32-23(30)12-11-20-16(4)21(13-25)24(31)26-17(20)5/h7-10,15H,6,11-12,14H2,1-5H3,(H,26,31)(H,27,29). The molecule has 1 aromatic heterocycles. The van der Waals surface area contributed by atoms with Crippen molar-refractivity contribution < 1.29 is 14.3 Å². The van der Waals surface area contributed by atoms with Crippen LogP contribution in [-0.2, 0) is 20.7 Å². The number of aromatic nitrogens is 1. The predicted molar refractivity (Wildman–Crippen MR) is 124 cm³/mol. The van der Waals surface area contributed by atoms with Crippen molar-refractivity contribution in [2.24, 2.45) is 0 Å². The van der Waals surface area contributed by atoms with Crippen LogP contribution in [0, 0.1) is 25.2 Å². The van der Waals surface area contributed by atoms with Crippen molar-refractivity contribution in [2.75, 3.05) is 23.4 Å². The maximum Gasteiger partial charge on any atom is 0.306 e. The fraction of sp³-hybridized carbons (Fsp3) is 0.417. The largest absolute Gasteiger partial charge is 0.456 e. The lowest BCUT2D eigenvalue weighted by atomic mass is 9.99. The molecule has 0 bridgehead atoms. The zero-order chi connectivity index (χ0) is 23.8. The lowest BCUT2D eigenvalue weighted by Gasteiger charge is -2.27. The van der Waals surface area contributed by atoms with E-state index >= 15 is 0 Å². The van der Waals surface area contributed by atoms with Gasteiger partial charge in [0, 0.05) is 36.1 Å². The highest BCUT2D eigenvalue weighted by Gasteiger charge is 2.15. The highest BCUT2D eigenvalue weighted by atomic mass is 16.5. The summed E-state index contributed by atoms with van der Waals surface area (Å²) < 4.78 is 5.07. The molecule has 0 aliphatic heterocycles. The number of benzene rings is 1. The Morgan fingerprint density at radius 3 is 2.44 bits per heavy atom. The molecule has 32 heavy (non-hydrogen) atoms. The van der Waals surface area contributed by atoms with Gasteiger partial charge in [0.2, 0.25) is 0 Å². The van der Waals surface area contributed by atoms with Gasteiger partial charge in [-0.3, -0.25) is 14.4 Å². The topological polar surface area (TPSA) is 115 Å². The van der Waals surface area contributed by atoms with Gasteiger partial charge in [0.25, 0.3) is 11.5 Å². The van der Waals surface area contributed by atoms with Gasteiger partial charge in [0.15, 0.2) is 6.61 Å². The number of amides is 1. The number of anilines is 2. The third-order valence-corrected chi connectivity index (χ3v) is 5.31. The quantitative estimate of drug-likeness (QED) is 0.581. The summed E-state index contributed by atoms with van der Waals surface area (Å²) >= 11 is 0. The summed E-state index contributed by atoms with van der Waals surface area (Å²) in [7, 11) is 0. The van der Waals surface area contributed by atoms with Gasteiger partial charge in [-0.05, 0) is 76.4 Å². The molecule has 0 aliphatic carbocycles. The Hall–Kier alpha value is -3.60. The summed E-state index contributed by atoms with van der Waals surface area (Å²) in [4.78, 5) is 40.9. The van der Waals surface area contributed by atoms with Crippen LogP contribution in [0.15, 0.2) is 29.1 Å². The second-order valence-corrected chi connectivity index (χ2v) is 7.80. The molecule has 0 unspecified atom stereocenters. The van der Waals surface area contributed by atoms with Gasteiger partial charge in [0.05, 0.1) is 0 Å². The average Bonchev–Trinajstić information content (AvgIpc) is 2.73.